The molecule has 3 nitrogen and oxygen atoms in total. The van der Waals surface area contributed by atoms with Gasteiger partial charge in [-0.15, -0.1) is 0 Å². The Labute approximate surface area is 125 Å². The Morgan fingerprint density at radius 3 is 3.00 bits per heavy atom. The summed E-state index contributed by atoms with van der Waals surface area (Å²) in [7, 11) is 0. The summed E-state index contributed by atoms with van der Waals surface area (Å²) in [5.74, 6) is 0. The Morgan fingerprint density at radius 2 is 2.28 bits per heavy atom. The van der Waals surface area contributed by atoms with Crippen LogP contribution in [0.5, 0.6) is 0 Å². The molecule has 1 aliphatic carbocycles. The zero-order valence-corrected chi connectivity index (χ0v) is 12.6. The Hall–Kier alpha value is -0.750. The van der Waals surface area contributed by atoms with Crippen LogP contribution >= 0.6 is 34.2 Å². The van der Waals surface area contributed by atoms with Crippen molar-refractivity contribution < 1.29 is 0 Å². The van der Waals surface area contributed by atoms with E-state index in [-0.39, 0.29) is 0 Å². The Bertz CT molecular complexity index is 563. The molecule has 1 saturated carbocycles. The van der Waals surface area contributed by atoms with Gasteiger partial charge in [0.25, 0.3) is 0 Å². The van der Waals surface area contributed by atoms with Gasteiger partial charge in [0.05, 0.1) is 18.6 Å². The van der Waals surface area contributed by atoms with Gasteiger partial charge in [-0.05, 0) is 53.6 Å². The fourth-order valence-electron chi connectivity index (χ4n) is 1.97. The van der Waals surface area contributed by atoms with Crippen molar-refractivity contribution in [3.8, 4) is 0 Å². The molecule has 1 aromatic carbocycles. The van der Waals surface area contributed by atoms with Gasteiger partial charge in [0.2, 0.25) is 0 Å². The lowest BCUT2D eigenvalue weighted by atomic mass is 10.3. The van der Waals surface area contributed by atoms with Gasteiger partial charge >= 0.3 is 0 Å². The van der Waals surface area contributed by atoms with E-state index in [0.29, 0.717) is 6.04 Å². The molecule has 0 aliphatic heterocycles. The zero-order valence-electron chi connectivity index (χ0n) is 9.74. The van der Waals surface area contributed by atoms with Crippen LogP contribution in [0.1, 0.15) is 24.6 Å². The van der Waals surface area contributed by atoms with Crippen molar-refractivity contribution in [3.05, 3.63) is 45.0 Å². The van der Waals surface area contributed by atoms with Gasteiger partial charge in [0.1, 0.15) is 0 Å². The Kier molecular flexibility index (Phi) is 3.48. The Morgan fingerprint density at radius 1 is 1.44 bits per heavy atom. The molecule has 0 bridgehead atoms. The lowest BCUT2D eigenvalue weighted by Crippen LogP contribution is -2.06. The van der Waals surface area contributed by atoms with Crippen LogP contribution in [0.15, 0.2) is 30.7 Å². The van der Waals surface area contributed by atoms with E-state index >= 15 is 0 Å². The minimum absolute atomic E-state index is 0.675. The third-order valence-corrected chi connectivity index (χ3v) is 4.21. The molecule has 0 amide bonds. The number of halogens is 2. The van der Waals surface area contributed by atoms with Gasteiger partial charge < -0.3 is 9.88 Å². The molecule has 1 N–H and O–H groups in total. The number of imidazole rings is 1. The molecule has 0 spiro atoms. The SMILES string of the molecule is Clc1ccc(NCc2cncn2C2CC2)c(I)c1. The van der Waals surface area contributed by atoms with Crippen LogP contribution in [0.2, 0.25) is 5.02 Å². The lowest BCUT2D eigenvalue weighted by Gasteiger charge is -2.10. The van der Waals surface area contributed by atoms with E-state index in [4.69, 9.17) is 11.6 Å². The molecule has 2 aromatic rings. The topological polar surface area (TPSA) is 29.9 Å². The van der Waals surface area contributed by atoms with Gasteiger partial charge in [-0.25, -0.2) is 4.98 Å². The van der Waals surface area contributed by atoms with Gasteiger partial charge in [-0.2, -0.15) is 0 Å². The molecule has 18 heavy (non-hydrogen) atoms. The normalized spacial score (nSPS) is 14.8. The number of hydrogen-bond acceptors (Lipinski definition) is 2. The van der Waals surface area contributed by atoms with E-state index in [0.717, 1.165) is 20.8 Å². The predicted octanol–water partition coefficient (Wildman–Crippen LogP) is 4.09. The summed E-state index contributed by atoms with van der Waals surface area (Å²) >= 11 is 8.24. The first-order valence-electron chi connectivity index (χ1n) is 5.93. The highest BCUT2D eigenvalue weighted by Crippen LogP contribution is 2.35. The van der Waals surface area contributed by atoms with E-state index in [9.17, 15) is 0 Å². The van der Waals surface area contributed by atoms with Crippen LogP contribution in [0.25, 0.3) is 0 Å². The molecule has 5 heteroatoms. The van der Waals surface area contributed by atoms with Crippen molar-refractivity contribution in [3.63, 3.8) is 0 Å². The average Bonchev–Trinajstić information content (AvgIpc) is 3.08. The maximum absolute atomic E-state index is 5.95. The second kappa shape index (κ2) is 5.09. The van der Waals surface area contributed by atoms with Crippen molar-refractivity contribution >= 4 is 39.9 Å². The minimum atomic E-state index is 0.675. The van der Waals surface area contributed by atoms with Gasteiger partial charge in [0.15, 0.2) is 0 Å². The molecule has 0 saturated heterocycles. The minimum Gasteiger partial charge on any atom is -0.379 e. The summed E-state index contributed by atoms with van der Waals surface area (Å²) in [6, 6.07) is 6.56. The monoisotopic (exact) mass is 373 g/mol. The van der Waals surface area contributed by atoms with Gasteiger partial charge in [-0.1, -0.05) is 11.6 Å². The van der Waals surface area contributed by atoms with E-state index < -0.39 is 0 Å². The maximum Gasteiger partial charge on any atom is 0.0951 e. The molecule has 1 aliphatic rings. The van der Waals surface area contributed by atoms with Crippen LogP contribution in [0.4, 0.5) is 5.69 Å². The smallest absolute Gasteiger partial charge is 0.0951 e. The van der Waals surface area contributed by atoms with Crippen LogP contribution in [-0.4, -0.2) is 9.55 Å². The number of nitrogens with zero attached hydrogens (tertiary/aromatic N) is 2. The largest absolute Gasteiger partial charge is 0.379 e. The summed E-state index contributed by atoms with van der Waals surface area (Å²) in [6.07, 6.45) is 6.43. The molecule has 0 radical (unpaired) electrons. The van der Waals surface area contributed by atoms with Gasteiger partial charge in [0, 0.05) is 26.5 Å². The van der Waals surface area contributed by atoms with E-state index in [2.05, 4.69) is 37.5 Å². The number of nitrogens with one attached hydrogen (secondary N) is 1. The van der Waals surface area contributed by atoms with E-state index in [1.54, 1.807) is 0 Å². The first-order chi connectivity index (χ1) is 8.74. The average molecular weight is 374 g/mol. The molecule has 0 unspecified atom stereocenters. The number of hydrogen-bond donors (Lipinski definition) is 1. The van der Waals surface area contributed by atoms with Crippen molar-refractivity contribution in [1.29, 1.82) is 0 Å². The van der Waals surface area contributed by atoms with Crippen molar-refractivity contribution in [2.75, 3.05) is 5.32 Å². The van der Waals surface area contributed by atoms with Crippen LogP contribution in [0.3, 0.4) is 0 Å². The summed E-state index contributed by atoms with van der Waals surface area (Å²) in [6.45, 7) is 0.800. The number of anilines is 1. The molecule has 1 fully saturated rings. The molecule has 94 valence electrons. The summed E-state index contributed by atoms with van der Waals surface area (Å²) in [4.78, 5) is 4.23. The van der Waals surface area contributed by atoms with E-state index in [1.807, 2.05) is 30.7 Å². The third kappa shape index (κ3) is 2.64. The van der Waals surface area contributed by atoms with Crippen molar-refractivity contribution in [1.82, 2.24) is 9.55 Å². The van der Waals surface area contributed by atoms with Crippen molar-refractivity contribution in [2.45, 2.75) is 25.4 Å². The third-order valence-electron chi connectivity index (χ3n) is 3.08. The Balaban J connectivity index is 1.71. The standard InChI is InChI=1S/C13H13ClIN3/c14-9-1-4-13(12(15)5-9)17-7-11-6-16-8-18(11)10-2-3-10/h1,4-6,8,10,17H,2-3,7H2. The summed E-state index contributed by atoms with van der Waals surface area (Å²) < 4.78 is 3.41. The zero-order chi connectivity index (χ0) is 12.5. The summed E-state index contributed by atoms with van der Waals surface area (Å²) in [5, 5.41) is 4.21. The molecule has 1 aromatic heterocycles. The second-order valence-electron chi connectivity index (χ2n) is 4.50. The van der Waals surface area contributed by atoms with Crippen LogP contribution in [0, 0.1) is 3.57 Å². The number of rotatable bonds is 4. The van der Waals surface area contributed by atoms with Crippen molar-refractivity contribution in [2.24, 2.45) is 0 Å². The number of aromatic nitrogens is 2. The number of benzene rings is 1. The molecule has 0 atom stereocenters. The van der Waals surface area contributed by atoms with Crippen LogP contribution in [-0.2, 0) is 6.54 Å². The maximum atomic E-state index is 5.95. The highest BCUT2D eigenvalue weighted by molar-refractivity contribution is 14.1. The van der Waals surface area contributed by atoms with E-state index in [1.165, 1.54) is 18.5 Å². The highest BCUT2D eigenvalue weighted by Gasteiger charge is 2.24. The molecular formula is C13H13ClIN3. The fraction of sp³-hybridized carbons (Fsp3) is 0.308. The second-order valence-corrected chi connectivity index (χ2v) is 6.10. The predicted molar refractivity (Wildman–Crippen MR) is 82.0 cm³/mol. The summed E-state index contributed by atoms with van der Waals surface area (Å²) in [5.41, 5.74) is 2.35. The van der Waals surface area contributed by atoms with Crippen LogP contribution < -0.4 is 5.32 Å². The molecule has 3 rings (SSSR count). The first kappa shape index (κ1) is 12.3. The quantitative estimate of drug-likeness (QED) is 0.818. The molecular weight excluding hydrogens is 361 g/mol. The highest BCUT2D eigenvalue weighted by atomic mass is 127. The van der Waals surface area contributed by atoms with Gasteiger partial charge in [-0.3, -0.25) is 0 Å². The fourth-order valence-corrected chi connectivity index (χ4v) is 3.03. The lowest BCUT2D eigenvalue weighted by molar-refractivity contribution is 0.701. The first-order valence-corrected chi connectivity index (χ1v) is 7.39. The molecule has 1 heterocycles.